The van der Waals surface area contributed by atoms with Gasteiger partial charge in [0.1, 0.15) is 5.82 Å². The number of anilines is 1. The summed E-state index contributed by atoms with van der Waals surface area (Å²) in [5.74, 6) is 1.22. The number of hydrogen-bond donors (Lipinski definition) is 1. The van der Waals surface area contributed by atoms with E-state index in [4.69, 9.17) is 0 Å². The molecular weight excluding hydrogens is 270 g/mol. The monoisotopic (exact) mass is 285 g/mol. The van der Waals surface area contributed by atoms with Gasteiger partial charge in [-0.25, -0.2) is 19.7 Å². The Morgan fingerprint density at radius 2 is 2.10 bits per heavy atom. The molecule has 8 nitrogen and oxygen atoms in total. The Morgan fingerprint density at radius 1 is 1.29 bits per heavy atom. The van der Waals surface area contributed by atoms with Gasteiger partial charge in [-0.05, 0) is 12.5 Å². The third kappa shape index (κ3) is 2.35. The van der Waals surface area contributed by atoms with E-state index in [-0.39, 0.29) is 12.2 Å². The van der Waals surface area contributed by atoms with Crippen molar-refractivity contribution in [1.82, 2.24) is 29.3 Å². The number of aryl methyl sites for hydroxylation is 2. The second-order valence-electron chi connectivity index (χ2n) is 4.79. The van der Waals surface area contributed by atoms with Gasteiger partial charge >= 0.3 is 5.69 Å². The zero-order valence-corrected chi connectivity index (χ0v) is 12.0. The fraction of sp³-hybridized carbons (Fsp3) is 0.308. The lowest BCUT2D eigenvalue weighted by molar-refractivity contribution is 0.685. The molecule has 0 radical (unpaired) electrons. The first-order chi connectivity index (χ1) is 10.1. The summed E-state index contributed by atoms with van der Waals surface area (Å²) in [6.45, 7) is 2.15. The highest BCUT2D eigenvalue weighted by Gasteiger charge is 2.11. The molecular formula is C13H15N7O. The molecule has 0 saturated heterocycles. The molecule has 0 bridgehead atoms. The molecule has 0 aliphatic carbocycles. The van der Waals surface area contributed by atoms with E-state index < -0.39 is 0 Å². The van der Waals surface area contributed by atoms with Gasteiger partial charge in [0, 0.05) is 26.5 Å². The van der Waals surface area contributed by atoms with Crippen LogP contribution in [0.25, 0.3) is 11.0 Å². The Hall–Kier alpha value is -2.77. The van der Waals surface area contributed by atoms with Crippen LogP contribution in [0.5, 0.6) is 0 Å². The first-order valence-electron chi connectivity index (χ1n) is 6.48. The Labute approximate surface area is 120 Å². The third-order valence-corrected chi connectivity index (χ3v) is 3.17. The van der Waals surface area contributed by atoms with E-state index in [0.717, 1.165) is 16.6 Å². The molecule has 3 heterocycles. The summed E-state index contributed by atoms with van der Waals surface area (Å²) in [7, 11) is 3.61. The summed E-state index contributed by atoms with van der Waals surface area (Å²) in [6.07, 6.45) is 5.00. The molecule has 0 atom stereocenters. The number of fused-ring (bicyclic) bond motifs is 1. The average molecular weight is 285 g/mol. The van der Waals surface area contributed by atoms with Gasteiger partial charge in [-0.15, -0.1) is 0 Å². The van der Waals surface area contributed by atoms with E-state index in [1.165, 1.54) is 4.57 Å². The summed E-state index contributed by atoms with van der Waals surface area (Å²) < 4.78 is 3.17. The highest BCUT2D eigenvalue weighted by Crippen LogP contribution is 2.19. The van der Waals surface area contributed by atoms with Gasteiger partial charge in [0.25, 0.3) is 0 Å². The summed E-state index contributed by atoms with van der Waals surface area (Å²) in [6, 6.07) is 0. The molecule has 0 fully saturated rings. The third-order valence-electron chi connectivity index (χ3n) is 3.17. The van der Waals surface area contributed by atoms with Crippen molar-refractivity contribution in [2.24, 2.45) is 7.05 Å². The molecule has 3 aromatic heterocycles. The summed E-state index contributed by atoms with van der Waals surface area (Å²) in [4.78, 5) is 24.5. The van der Waals surface area contributed by atoms with Crippen molar-refractivity contribution < 1.29 is 0 Å². The Balaban J connectivity index is 2.10. The largest absolute Gasteiger partial charge is 0.372 e. The molecule has 3 aromatic rings. The van der Waals surface area contributed by atoms with Crippen molar-refractivity contribution in [3.63, 3.8) is 0 Å². The second kappa shape index (κ2) is 4.97. The van der Waals surface area contributed by atoms with E-state index in [0.29, 0.717) is 11.6 Å². The van der Waals surface area contributed by atoms with E-state index in [1.54, 1.807) is 30.3 Å². The summed E-state index contributed by atoms with van der Waals surface area (Å²) in [5.41, 5.74) is 1.31. The Morgan fingerprint density at radius 3 is 2.86 bits per heavy atom. The predicted octanol–water partition coefficient (Wildman–Crippen LogP) is 0.318. The maximum Gasteiger partial charge on any atom is 0.347 e. The fourth-order valence-corrected chi connectivity index (χ4v) is 2.16. The highest BCUT2D eigenvalue weighted by atomic mass is 16.1. The normalized spacial score (nSPS) is 11.0. The van der Waals surface area contributed by atoms with Crippen LogP contribution in [-0.2, 0) is 13.6 Å². The maximum atomic E-state index is 11.8. The van der Waals surface area contributed by atoms with Crippen LogP contribution in [-0.4, -0.2) is 36.3 Å². The first-order valence-corrected chi connectivity index (χ1v) is 6.48. The van der Waals surface area contributed by atoms with E-state index in [2.05, 4.69) is 25.4 Å². The Kier molecular flexibility index (Phi) is 3.13. The van der Waals surface area contributed by atoms with Crippen LogP contribution < -0.4 is 11.0 Å². The van der Waals surface area contributed by atoms with Gasteiger partial charge in [0.15, 0.2) is 11.5 Å². The minimum absolute atomic E-state index is 0.267. The van der Waals surface area contributed by atoms with Crippen molar-refractivity contribution in [3.8, 4) is 0 Å². The quantitative estimate of drug-likeness (QED) is 0.745. The fourth-order valence-electron chi connectivity index (χ4n) is 2.16. The van der Waals surface area contributed by atoms with Gasteiger partial charge in [-0.3, -0.25) is 9.25 Å². The smallest absolute Gasteiger partial charge is 0.347 e. The first kappa shape index (κ1) is 13.2. The van der Waals surface area contributed by atoms with Gasteiger partial charge in [-0.2, -0.15) is 5.10 Å². The van der Waals surface area contributed by atoms with Gasteiger partial charge < -0.3 is 5.32 Å². The van der Waals surface area contributed by atoms with Crippen LogP contribution in [0, 0.1) is 6.92 Å². The molecule has 0 unspecified atom stereocenters. The molecule has 0 amide bonds. The maximum absolute atomic E-state index is 11.8. The topological polar surface area (TPSA) is 90.5 Å². The number of hydrogen-bond acceptors (Lipinski definition) is 6. The Bertz CT molecular complexity index is 865. The zero-order valence-electron chi connectivity index (χ0n) is 12.0. The van der Waals surface area contributed by atoms with Crippen LogP contribution in [0.2, 0.25) is 0 Å². The van der Waals surface area contributed by atoms with E-state index >= 15 is 0 Å². The van der Waals surface area contributed by atoms with Crippen molar-refractivity contribution in [1.29, 1.82) is 0 Å². The zero-order chi connectivity index (χ0) is 15.0. The molecule has 1 N–H and O–H groups in total. The van der Waals surface area contributed by atoms with Crippen LogP contribution in [0.3, 0.4) is 0 Å². The minimum atomic E-state index is -0.319. The molecule has 0 aliphatic rings. The molecule has 0 aliphatic heterocycles. The van der Waals surface area contributed by atoms with Gasteiger partial charge in [0.05, 0.1) is 18.1 Å². The number of rotatable bonds is 3. The van der Waals surface area contributed by atoms with Crippen molar-refractivity contribution >= 4 is 16.9 Å². The molecule has 8 heteroatoms. The predicted molar refractivity (Wildman–Crippen MR) is 78.2 cm³/mol. The molecule has 0 aromatic carbocycles. The SMILES string of the molecule is CNc1nc(Cn2cc(C)cnc2=O)nc2c1cnn2C. The molecule has 0 saturated carbocycles. The van der Waals surface area contributed by atoms with Crippen LogP contribution in [0.15, 0.2) is 23.4 Å². The minimum Gasteiger partial charge on any atom is -0.372 e. The lowest BCUT2D eigenvalue weighted by atomic mass is 10.3. The van der Waals surface area contributed by atoms with E-state index in [9.17, 15) is 4.79 Å². The summed E-state index contributed by atoms with van der Waals surface area (Å²) >= 11 is 0. The standard InChI is InChI=1S/C13H15N7O/c1-8-4-15-13(21)20(6-8)7-10-17-11(14-2)9-5-16-19(3)12(9)18-10/h4-6H,7H2,1-3H3,(H,14,17,18). The highest BCUT2D eigenvalue weighted by molar-refractivity contribution is 5.86. The lowest BCUT2D eigenvalue weighted by Crippen LogP contribution is -2.24. The molecule has 0 spiro atoms. The molecule has 3 rings (SSSR count). The number of nitrogens with one attached hydrogen (secondary N) is 1. The molecule has 21 heavy (non-hydrogen) atoms. The van der Waals surface area contributed by atoms with Crippen molar-refractivity contribution in [2.45, 2.75) is 13.5 Å². The van der Waals surface area contributed by atoms with Crippen molar-refractivity contribution in [2.75, 3.05) is 12.4 Å². The van der Waals surface area contributed by atoms with Gasteiger partial charge in [-0.1, -0.05) is 0 Å². The van der Waals surface area contributed by atoms with Crippen LogP contribution in [0.1, 0.15) is 11.4 Å². The van der Waals surface area contributed by atoms with Crippen LogP contribution >= 0.6 is 0 Å². The lowest BCUT2D eigenvalue weighted by Gasteiger charge is -2.08. The van der Waals surface area contributed by atoms with E-state index in [1.807, 2.05) is 14.0 Å². The number of aromatic nitrogens is 6. The number of nitrogens with zero attached hydrogens (tertiary/aromatic N) is 6. The second-order valence-corrected chi connectivity index (χ2v) is 4.79. The molecule has 108 valence electrons. The average Bonchev–Trinajstić information content (AvgIpc) is 2.84. The summed E-state index contributed by atoms with van der Waals surface area (Å²) in [5, 5.41) is 8.05. The van der Waals surface area contributed by atoms with Crippen molar-refractivity contribution in [3.05, 3.63) is 40.5 Å². The van der Waals surface area contributed by atoms with Crippen LogP contribution in [0.4, 0.5) is 5.82 Å². The van der Waals surface area contributed by atoms with Gasteiger partial charge in [0.2, 0.25) is 0 Å².